The number of ether oxygens (including phenoxy) is 1. The van der Waals surface area contributed by atoms with Crippen molar-refractivity contribution >= 4 is 29.7 Å². The van der Waals surface area contributed by atoms with Gasteiger partial charge in [-0.3, -0.25) is 9.59 Å². The zero-order valence-corrected chi connectivity index (χ0v) is 23.3. The maximum atomic E-state index is 14.0. The maximum Gasteiger partial charge on any atom is 0.408 e. The highest BCUT2D eigenvalue weighted by Crippen LogP contribution is 2.26. The quantitative estimate of drug-likeness (QED) is 0.304. The van der Waals surface area contributed by atoms with E-state index >= 15 is 0 Å². The average Bonchev–Trinajstić information content (AvgIpc) is 2.89. The normalized spacial score (nSPS) is 12.4. The fraction of sp³-hybridized carbons (Fsp3) is 0.367. The van der Waals surface area contributed by atoms with Crippen molar-refractivity contribution < 1.29 is 19.1 Å². The van der Waals surface area contributed by atoms with Gasteiger partial charge in [0.2, 0.25) is 11.8 Å². The van der Waals surface area contributed by atoms with Gasteiger partial charge in [-0.15, -0.1) is 13.0 Å². The second-order valence-corrected chi connectivity index (χ2v) is 10.6. The number of nitrogens with one attached hydrogen (secondary N) is 2. The van der Waals surface area contributed by atoms with E-state index in [1.54, 1.807) is 62.9 Å². The number of rotatable bonds is 12. The van der Waals surface area contributed by atoms with Crippen molar-refractivity contribution in [1.29, 1.82) is 0 Å². The number of benzene rings is 2. The zero-order chi connectivity index (χ0) is 28.1. The fourth-order valence-corrected chi connectivity index (χ4v) is 4.28. The molecule has 0 saturated heterocycles. The molecule has 0 aromatic heterocycles. The minimum absolute atomic E-state index is 0.0624. The lowest BCUT2D eigenvalue weighted by Crippen LogP contribution is -2.53. The van der Waals surface area contributed by atoms with E-state index < -0.39 is 35.6 Å². The van der Waals surface area contributed by atoms with Crippen LogP contribution in [-0.2, 0) is 20.9 Å². The van der Waals surface area contributed by atoms with Crippen LogP contribution in [0.25, 0.3) is 0 Å². The van der Waals surface area contributed by atoms with E-state index in [4.69, 9.17) is 11.2 Å². The fourth-order valence-electron chi connectivity index (χ4n) is 3.80. The van der Waals surface area contributed by atoms with Crippen LogP contribution in [0.4, 0.5) is 4.79 Å². The van der Waals surface area contributed by atoms with Crippen LogP contribution in [0.15, 0.2) is 67.3 Å². The largest absolute Gasteiger partial charge is 0.444 e. The summed E-state index contributed by atoms with van der Waals surface area (Å²) >= 11 is 1.55. The highest BCUT2D eigenvalue weighted by molar-refractivity contribution is 7.98. The standard InChI is InChI=1S/C30H37N3O4S/c1-7-19-33(28(35)25(18-20-38-6)32-29(36)37-30(3,4)5)26(24-17-13-12-16-23(24)8-2)27(34)31-21-22-14-10-9-11-15-22/h2,7,9-17,25-26H,1,18-21H2,3-6H3,(H,31,34)(H,32,36). The molecule has 2 rings (SSSR count). The second kappa shape index (κ2) is 14.9. The molecule has 0 aliphatic carbocycles. The maximum absolute atomic E-state index is 14.0. The predicted octanol–water partition coefficient (Wildman–Crippen LogP) is 4.69. The van der Waals surface area contributed by atoms with Crippen molar-refractivity contribution in [2.45, 2.75) is 51.4 Å². The molecule has 0 saturated carbocycles. The van der Waals surface area contributed by atoms with Crippen LogP contribution in [0.2, 0.25) is 0 Å². The first kappa shape index (κ1) is 30.5. The number of alkyl carbamates (subject to hydrolysis) is 1. The Kier molecular flexibility index (Phi) is 12.0. The summed E-state index contributed by atoms with van der Waals surface area (Å²) in [6.45, 7) is 9.39. The summed E-state index contributed by atoms with van der Waals surface area (Å²) in [6.07, 6.45) is 8.88. The van der Waals surface area contributed by atoms with Crippen molar-refractivity contribution in [2.75, 3.05) is 18.6 Å². The summed E-state index contributed by atoms with van der Waals surface area (Å²) in [5, 5.41) is 5.65. The molecule has 0 fully saturated rings. The Morgan fingerprint density at radius 1 is 1.13 bits per heavy atom. The first-order chi connectivity index (χ1) is 18.1. The number of carbonyl (C=O) groups excluding carboxylic acids is 3. The van der Waals surface area contributed by atoms with Crippen LogP contribution in [-0.4, -0.2) is 53.0 Å². The summed E-state index contributed by atoms with van der Waals surface area (Å²) in [4.78, 5) is 41.8. The smallest absolute Gasteiger partial charge is 0.408 e. The van der Waals surface area contributed by atoms with Gasteiger partial charge in [-0.25, -0.2) is 4.79 Å². The molecule has 0 radical (unpaired) electrons. The van der Waals surface area contributed by atoms with Gasteiger partial charge in [0, 0.05) is 18.7 Å². The summed E-state index contributed by atoms with van der Waals surface area (Å²) in [7, 11) is 0. The second-order valence-electron chi connectivity index (χ2n) is 9.60. The summed E-state index contributed by atoms with van der Waals surface area (Å²) < 4.78 is 5.40. The lowest BCUT2D eigenvalue weighted by Gasteiger charge is -2.34. The number of carbonyl (C=O) groups is 3. The van der Waals surface area contributed by atoms with Crippen LogP contribution in [0, 0.1) is 12.3 Å². The van der Waals surface area contributed by atoms with Crippen LogP contribution in [0.1, 0.15) is 49.9 Å². The Balaban J connectivity index is 2.47. The van der Waals surface area contributed by atoms with E-state index in [0.717, 1.165) is 5.56 Å². The van der Waals surface area contributed by atoms with E-state index in [2.05, 4.69) is 23.1 Å². The van der Waals surface area contributed by atoms with E-state index in [9.17, 15) is 14.4 Å². The summed E-state index contributed by atoms with van der Waals surface area (Å²) in [6, 6.07) is 14.5. The zero-order valence-electron chi connectivity index (χ0n) is 22.5. The minimum atomic E-state index is -1.05. The molecule has 7 nitrogen and oxygen atoms in total. The van der Waals surface area contributed by atoms with Crippen molar-refractivity contribution in [2.24, 2.45) is 0 Å². The molecule has 2 aromatic rings. The van der Waals surface area contributed by atoms with E-state index in [1.807, 2.05) is 36.6 Å². The first-order valence-electron chi connectivity index (χ1n) is 12.4. The van der Waals surface area contributed by atoms with Crippen molar-refractivity contribution in [3.63, 3.8) is 0 Å². The highest BCUT2D eigenvalue weighted by Gasteiger charge is 2.36. The van der Waals surface area contributed by atoms with Gasteiger partial charge in [-0.2, -0.15) is 11.8 Å². The van der Waals surface area contributed by atoms with Gasteiger partial charge in [0.05, 0.1) is 0 Å². The monoisotopic (exact) mass is 535 g/mol. The molecular formula is C30H37N3O4S. The minimum Gasteiger partial charge on any atom is -0.444 e. The van der Waals surface area contributed by atoms with E-state index in [0.29, 0.717) is 23.3 Å². The molecule has 0 aliphatic heterocycles. The summed E-state index contributed by atoms with van der Waals surface area (Å²) in [5.41, 5.74) is 1.19. The molecule has 0 heterocycles. The molecule has 0 spiro atoms. The first-order valence-corrected chi connectivity index (χ1v) is 13.8. The van der Waals surface area contributed by atoms with Crippen LogP contribution in [0.3, 0.4) is 0 Å². The number of thioether (sulfide) groups is 1. The van der Waals surface area contributed by atoms with Gasteiger partial charge < -0.3 is 20.3 Å². The Bertz CT molecular complexity index is 1140. The van der Waals surface area contributed by atoms with Gasteiger partial charge in [-0.05, 0) is 56.4 Å². The van der Waals surface area contributed by atoms with Crippen LogP contribution in [0.5, 0.6) is 0 Å². The predicted molar refractivity (Wildman–Crippen MR) is 153 cm³/mol. The Labute approximate surface area is 230 Å². The van der Waals surface area contributed by atoms with E-state index in [-0.39, 0.29) is 13.1 Å². The van der Waals surface area contributed by atoms with Gasteiger partial charge in [0.1, 0.15) is 17.7 Å². The SMILES string of the molecule is C#Cc1ccccc1C(C(=O)NCc1ccccc1)N(CC=C)C(=O)C(CCSC)NC(=O)OC(C)(C)C. The number of nitrogens with zero attached hydrogens (tertiary/aromatic N) is 1. The van der Waals surface area contributed by atoms with Crippen molar-refractivity contribution in [1.82, 2.24) is 15.5 Å². The molecule has 0 aliphatic rings. The average molecular weight is 536 g/mol. The molecular weight excluding hydrogens is 498 g/mol. The molecule has 3 amide bonds. The van der Waals surface area contributed by atoms with Gasteiger partial charge in [0.25, 0.3) is 0 Å². The molecule has 2 N–H and O–H groups in total. The van der Waals surface area contributed by atoms with Crippen molar-refractivity contribution in [3.05, 3.63) is 83.9 Å². The third-order valence-corrected chi connectivity index (χ3v) is 6.13. The third-order valence-electron chi connectivity index (χ3n) is 5.49. The van der Waals surface area contributed by atoms with Gasteiger partial charge in [0.15, 0.2) is 0 Å². The molecule has 202 valence electrons. The Hall–Kier alpha value is -3.70. The summed E-state index contributed by atoms with van der Waals surface area (Å²) in [5.74, 6) is 2.41. The number of terminal acetylenes is 1. The lowest BCUT2D eigenvalue weighted by atomic mass is 9.97. The van der Waals surface area contributed by atoms with Crippen LogP contribution < -0.4 is 10.6 Å². The molecule has 2 aromatic carbocycles. The lowest BCUT2D eigenvalue weighted by molar-refractivity contribution is -0.142. The number of amides is 3. The highest BCUT2D eigenvalue weighted by atomic mass is 32.2. The Morgan fingerprint density at radius 2 is 1.79 bits per heavy atom. The Morgan fingerprint density at radius 3 is 2.39 bits per heavy atom. The molecule has 38 heavy (non-hydrogen) atoms. The van der Waals surface area contributed by atoms with Crippen molar-refractivity contribution in [3.8, 4) is 12.3 Å². The van der Waals surface area contributed by atoms with Gasteiger partial charge >= 0.3 is 6.09 Å². The molecule has 2 unspecified atom stereocenters. The number of hydrogen-bond donors (Lipinski definition) is 2. The molecule has 2 atom stereocenters. The number of hydrogen-bond acceptors (Lipinski definition) is 5. The van der Waals surface area contributed by atoms with E-state index in [1.165, 1.54) is 4.90 Å². The topological polar surface area (TPSA) is 87.7 Å². The third kappa shape index (κ3) is 9.31. The van der Waals surface area contributed by atoms with Gasteiger partial charge in [-0.1, -0.05) is 60.5 Å². The molecule has 8 heteroatoms. The molecule has 0 bridgehead atoms. The van der Waals surface area contributed by atoms with Crippen LogP contribution >= 0.6 is 11.8 Å².